The average molecular weight is 220 g/mol. The minimum atomic E-state index is 0.453. The second kappa shape index (κ2) is 5.58. The van der Waals surface area contributed by atoms with Gasteiger partial charge in [0.15, 0.2) is 5.22 Å². The Morgan fingerprint density at radius 2 is 2.38 bits per heavy atom. The molecule has 1 N–H and O–H groups in total. The first kappa shape index (κ1) is 11.0. The highest BCUT2D eigenvalue weighted by atomic mass is 35.5. The van der Waals surface area contributed by atoms with E-state index in [2.05, 4.69) is 18.5 Å². The van der Waals surface area contributed by atoms with E-state index in [1.807, 2.05) is 17.8 Å². The summed E-state index contributed by atoms with van der Waals surface area (Å²) in [5, 5.41) is 4.38. The molecule has 0 fully saturated rings. The molecule has 0 amide bonds. The highest BCUT2D eigenvalue weighted by Crippen LogP contribution is 2.12. The normalized spacial score (nSPS) is 13.2. The Morgan fingerprint density at radius 1 is 1.62 bits per heavy atom. The summed E-state index contributed by atoms with van der Waals surface area (Å²) < 4.78 is 5.20. The molecule has 13 heavy (non-hydrogen) atoms. The number of thioether (sulfide) groups is 1. The highest BCUT2D eigenvalue weighted by molar-refractivity contribution is 7.99. The molecule has 1 heterocycles. The first-order valence-corrected chi connectivity index (χ1v) is 5.86. The summed E-state index contributed by atoms with van der Waals surface area (Å²) in [7, 11) is 0. The second-order valence-electron chi connectivity index (χ2n) is 2.88. The molecule has 4 heteroatoms. The van der Waals surface area contributed by atoms with Crippen molar-refractivity contribution >= 4 is 23.4 Å². The van der Waals surface area contributed by atoms with Crippen LogP contribution in [0.5, 0.6) is 0 Å². The lowest BCUT2D eigenvalue weighted by Crippen LogP contribution is -2.21. The van der Waals surface area contributed by atoms with Crippen molar-refractivity contribution in [2.24, 2.45) is 0 Å². The largest absolute Gasteiger partial charge is 0.448 e. The van der Waals surface area contributed by atoms with Crippen LogP contribution in [-0.2, 0) is 6.54 Å². The van der Waals surface area contributed by atoms with Gasteiger partial charge >= 0.3 is 0 Å². The zero-order valence-electron chi connectivity index (χ0n) is 7.84. The van der Waals surface area contributed by atoms with Crippen molar-refractivity contribution in [3.05, 3.63) is 23.1 Å². The molecule has 2 nitrogen and oxygen atoms in total. The smallest absolute Gasteiger partial charge is 0.193 e. The zero-order chi connectivity index (χ0) is 9.68. The predicted molar refractivity (Wildman–Crippen MR) is 58.4 cm³/mol. The van der Waals surface area contributed by atoms with Crippen LogP contribution in [0.4, 0.5) is 0 Å². The molecule has 1 unspecified atom stereocenters. The SMILES string of the molecule is CSC(C)CNCc1ccc(Cl)o1. The van der Waals surface area contributed by atoms with E-state index in [4.69, 9.17) is 16.0 Å². The fourth-order valence-electron chi connectivity index (χ4n) is 0.929. The molecule has 0 aliphatic heterocycles. The molecule has 1 aromatic heterocycles. The van der Waals surface area contributed by atoms with E-state index in [0.29, 0.717) is 10.5 Å². The van der Waals surface area contributed by atoms with Crippen molar-refractivity contribution in [1.82, 2.24) is 5.32 Å². The third-order valence-corrected chi connectivity index (χ3v) is 2.94. The first-order chi connectivity index (χ1) is 6.22. The second-order valence-corrected chi connectivity index (χ2v) is 4.53. The van der Waals surface area contributed by atoms with E-state index in [1.54, 1.807) is 6.07 Å². The Bertz CT molecular complexity index is 252. The van der Waals surface area contributed by atoms with Crippen LogP contribution in [0, 0.1) is 0 Å². The van der Waals surface area contributed by atoms with Gasteiger partial charge in [-0.1, -0.05) is 6.92 Å². The molecule has 0 aliphatic rings. The minimum absolute atomic E-state index is 0.453. The Balaban J connectivity index is 2.20. The molecule has 0 radical (unpaired) electrons. The van der Waals surface area contributed by atoms with Crippen LogP contribution >= 0.6 is 23.4 Å². The van der Waals surface area contributed by atoms with E-state index in [1.165, 1.54) is 0 Å². The molecule has 74 valence electrons. The van der Waals surface area contributed by atoms with E-state index in [0.717, 1.165) is 18.8 Å². The summed E-state index contributed by atoms with van der Waals surface area (Å²) in [5.74, 6) is 0.887. The molecule has 1 aromatic rings. The predicted octanol–water partition coefficient (Wildman–Crippen LogP) is 2.77. The van der Waals surface area contributed by atoms with Crippen LogP contribution in [0.1, 0.15) is 12.7 Å². The van der Waals surface area contributed by atoms with Gasteiger partial charge in [0.1, 0.15) is 5.76 Å². The van der Waals surface area contributed by atoms with Gasteiger partial charge in [-0.15, -0.1) is 0 Å². The van der Waals surface area contributed by atoms with Gasteiger partial charge in [-0.3, -0.25) is 0 Å². The maximum absolute atomic E-state index is 5.63. The van der Waals surface area contributed by atoms with E-state index >= 15 is 0 Å². The third kappa shape index (κ3) is 4.07. The van der Waals surface area contributed by atoms with Gasteiger partial charge in [0, 0.05) is 11.8 Å². The molecule has 0 saturated carbocycles. The molecule has 0 saturated heterocycles. The van der Waals surface area contributed by atoms with Crippen LogP contribution in [0.2, 0.25) is 5.22 Å². The van der Waals surface area contributed by atoms with Gasteiger partial charge < -0.3 is 9.73 Å². The summed E-state index contributed by atoms with van der Waals surface area (Å²) in [6.07, 6.45) is 2.11. The summed E-state index contributed by atoms with van der Waals surface area (Å²) in [6.45, 7) is 3.92. The molecular weight excluding hydrogens is 206 g/mol. The Labute approximate surface area is 88.0 Å². The quantitative estimate of drug-likeness (QED) is 0.825. The van der Waals surface area contributed by atoms with Crippen molar-refractivity contribution < 1.29 is 4.42 Å². The van der Waals surface area contributed by atoms with Crippen LogP contribution in [0.15, 0.2) is 16.5 Å². The number of hydrogen-bond donors (Lipinski definition) is 1. The first-order valence-electron chi connectivity index (χ1n) is 4.20. The van der Waals surface area contributed by atoms with Crippen molar-refractivity contribution in [2.75, 3.05) is 12.8 Å². The van der Waals surface area contributed by atoms with Crippen molar-refractivity contribution in [3.63, 3.8) is 0 Å². The number of halogens is 1. The van der Waals surface area contributed by atoms with E-state index in [-0.39, 0.29) is 0 Å². The number of nitrogens with one attached hydrogen (secondary N) is 1. The van der Waals surface area contributed by atoms with E-state index in [9.17, 15) is 0 Å². The maximum atomic E-state index is 5.63. The Morgan fingerprint density at radius 3 is 2.92 bits per heavy atom. The van der Waals surface area contributed by atoms with Gasteiger partial charge in [-0.2, -0.15) is 11.8 Å². The number of rotatable bonds is 5. The molecule has 0 aliphatic carbocycles. The molecule has 1 rings (SSSR count). The van der Waals surface area contributed by atoms with Crippen molar-refractivity contribution in [1.29, 1.82) is 0 Å². The third-order valence-electron chi connectivity index (χ3n) is 1.76. The highest BCUT2D eigenvalue weighted by Gasteiger charge is 2.01. The van der Waals surface area contributed by atoms with Crippen LogP contribution < -0.4 is 5.32 Å². The lowest BCUT2D eigenvalue weighted by molar-refractivity contribution is 0.486. The zero-order valence-corrected chi connectivity index (χ0v) is 9.41. The van der Waals surface area contributed by atoms with Gasteiger partial charge in [-0.05, 0) is 30.0 Å². The fraction of sp³-hybridized carbons (Fsp3) is 0.556. The summed E-state index contributed by atoms with van der Waals surface area (Å²) in [6, 6.07) is 3.65. The van der Waals surface area contributed by atoms with Crippen molar-refractivity contribution in [3.8, 4) is 0 Å². The molecule has 0 aromatic carbocycles. The Hall–Kier alpha value is -0.120. The summed E-state index contributed by atoms with van der Waals surface area (Å²) >= 11 is 7.48. The van der Waals surface area contributed by atoms with Crippen LogP contribution in [0.25, 0.3) is 0 Å². The lowest BCUT2D eigenvalue weighted by Gasteiger charge is -2.07. The topological polar surface area (TPSA) is 25.2 Å². The fourth-order valence-corrected chi connectivity index (χ4v) is 1.38. The molecule has 0 spiro atoms. The summed E-state index contributed by atoms with van der Waals surface area (Å²) in [4.78, 5) is 0. The van der Waals surface area contributed by atoms with E-state index < -0.39 is 0 Å². The van der Waals surface area contributed by atoms with Gasteiger partial charge in [0.25, 0.3) is 0 Å². The molecule has 0 bridgehead atoms. The standard InChI is InChI=1S/C9H14ClNOS/c1-7(13-2)5-11-6-8-3-4-9(10)12-8/h3-4,7,11H,5-6H2,1-2H3. The van der Waals surface area contributed by atoms with Gasteiger partial charge in [0.2, 0.25) is 0 Å². The summed E-state index contributed by atoms with van der Waals surface area (Å²) in [5.41, 5.74) is 0. The van der Waals surface area contributed by atoms with Gasteiger partial charge in [0.05, 0.1) is 6.54 Å². The Kier molecular flexibility index (Phi) is 4.70. The van der Waals surface area contributed by atoms with Gasteiger partial charge in [-0.25, -0.2) is 0 Å². The number of hydrogen-bond acceptors (Lipinski definition) is 3. The number of furan rings is 1. The lowest BCUT2D eigenvalue weighted by atomic mass is 10.4. The average Bonchev–Trinajstić information content (AvgIpc) is 2.51. The van der Waals surface area contributed by atoms with Crippen LogP contribution in [0.3, 0.4) is 0 Å². The maximum Gasteiger partial charge on any atom is 0.193 e. The minimum Gasteiger partial charge on any atom is -0.448 e. The van der Waals surface area contributed by atoms with Crippen molar-refractivity contribution in [2.45, 2.75) is 18.7 Å². The monoisotopic (exact) mass is 219 g/mol. The van der Waals surface area contributed by atoms with Crippen LogP contribution in [-0.4, -0.2) is 18.1 Å². The molecule has 1 atom stereocenters. The molecular formula is C9H14ClNOS.